The van der Waals surface area contributed by atoms with Crippen molar-refractivity contribution in [2.75, 3.05) is 0 Å². The van der Waals surface area contributed by atoms with E-state index in [1.807, 2.05) is 25.1 Å². The molecule has 0 aliphatic heterocycles. The first kappa shape index (κ1) is 10.8. The third-order valence-electron chi connectivity index (χ3n) is 3.01. The highest BCUT2D eigenvalue weighted by Crippen LogP contribution is 2.20. The Kier molecular flexibility index (Phi) is 2.73. The highest BCUT2D eigenvalue weighted by molar-refractivity contribution is 5.92. The van der Waals surface area contributed by atoms with Crippen molar-refractivity contribution in [2.24, 2.45) is 0 Å². The van der Waals surface area contributed by atoms with E-state index in [2.05, 4.69) is 48.5 Å². The van der Waals surface area contributed by atoms with Gasteiger partial charge in [-0.15, -0.1) is 0 Å². The largest absolute Gasteiger partial charge is 0.462 e. The lowest BCUT2D eigenvalue weighted by Crippen LogP contribution is -1.77. The standard InChI is InChI=1S/C17H14O/c1-13-9-11-16(18-13)12-10-15-7-4-6-14-5-2-3-8-17(14)15/h2-12H,1H3/b12-10-. The van der Waals surface area contributed by atoms with Crippen molar-refractivity contribution in [3.63, 3.8) is 0 Å². The van der Waals surface area contributed by atoms with Crippen LogP contribution in [0.1, 0.15) is 17.1 Å². The normalized spacial score (nSPS) is 11.4. The maximum atomic E-state index is 5.53. The lowest BCUT2D eigenvalue weighted by atomic mass is 10.0. The molecule has 0 N–H and O–H groups in total. The summed E-state index contributed by atoms with van der Waals surface area (Å²) in [4.78, 5) is 0. The van der Waals surface area contributed by atoms with E-state index in [4.69, 9.17) is 4.42 Å². The fourth-order valence-electron chi connectivity index (χ4n) is 2.11. The van der Waals surface area contributed by atoms with Crippen molar-refractivity contribution >= 4 is 22.9 Å². The SMILES string of the molecule is Cc1ccc(/C=C\c2cccc3ccccc23)o1. The Labute approximate surface area is 106 Å². The zero-order valence-electron chi connectivity index (χ0n) is 10.3. The van der Waals surface area contributed by atoms with E-state index in [1.165, 1.54) is 16.3 Å². The molecule has 0 aliphatic rings. The first-order chi connectivity index (χ1) is 8.83. The molecule has 1 aromatic heterocycles. The fraction of sp³-hybridized carbons (Fsp3) is 0.0588. The molecule has 0 fully saturated rings. The molecule has 0 radical (unpaired) electrons. The van der Waals surface area contributed by atoms with E-state index >= 15 is 0 Å². The van der Waals surface area contributed by atoms with Crippen LogP contribution >= 0.6 is 0 Å². The molecule has 0 atom stereocenters. The third-order valence-corrected chi connectivity index (χ3v) is 3.01. The van der Waals surface area contributed by atoms with Crippen LogP contribution < -0.4 is 0 Å². The zero-order chi connectivity index (χ0) is 12.4. The molecule has 1 heterocycles. The molecule has 1 nitrogen and oxygen atoms in total. The number of rotatable bonds is 2. The number of benzene rings is 2. The molecule has 1 heteroatoms. The second kappa shape index (κ2) is 4.53. The Hall–Kier alpha value is -2.28. The Morgan fingerprint density at radius 3 is 2.50 bits per heavy atom. The molecule has 18 heavy (non-hydrogen) atoms. The van der Waals surface area contributed by atoms with Crippen molar-refractivity contribution in [3.05, 3.63) is 71.7 Å². The topological polar surface area (TPSA) is 13.1 Å². The van der Waals surface area contributed by atoms with Crippen LogP contribution in [0.5, 0.6) is 0 Å². The Bertz CT molecular complexity index is 699. The van der Waals surface area contributed by atoms with Crippen LogP contribution in [0.3, 0.4) is 0 Å². The van der Waals surface area contributed by atoms with Crippen LogP contribution in [0.25, 0.3) is 22.9 Å². The predicted molar refractivity (Wildman–Crippen MR) is 76.3 cm³/mol. The first-order valence-corrected chi connectivity index (χ1v) is 6.05. The summed E-state index contributed by atoms with van der Waals surface area (Å²) in [6, 6.07) is 18.7. The molecule has 88 valence electrons. The molecule has 0 aliphatic carbocycles. The van der Waals surface area contributed by atoms with Gasteiger partial charge in [-0.2, -0.15) is 0 Å². The van der Waals surface area contributed by atoms with Gasteiger partial charge in [-0.3, -0.25) is 0 Å². The highest BCUT2D eigenvalue weighted by atomic mass is 16.3. The van der Waals surface area contributed by atoms with E-state index in [1.54, 1.807) is 0 Å². The number of hydrogen-bond donors (Lipinski definition) is 0. The second-order valence-electron chi connectivity index (χ2n) is 4.35. The molecule has 0 spiro atoms. The number of aryl methyl sites for hydroxylation is 1. The van der Waals surface area contributed by atoms with E-state index in [0.29, 0.717) is 0 Å². The minimum absolute atomic E-state index is 0.889. The van der Waals surface area contributed by atoms with Gasteiger partial charge in [-0.05, 0) is 41.5 Å². The van der Waals surface area contributed by atoms with Gasteiger partial charge in [0.15, 0.2) is 0 Å². The van der Waals surface area contributed by atoms with Crippen molar-refractivity contribution in [3.8, 4) is 0 Å². The Morgan fingerprint density at radius 2 is 1.67 bits per heavy atom. The van der Waals surface area contributed by atoms with Gasteiger partial charge in [0.2, 0.25) is 0 Å². The average Bonchev–Trinajstić information content (AvgIpc) is 2.82. The van der Waals surface area contributed by atoms with Crippen molar-refractivity contribution < 1.29 is 4.42 Å². The molecule has 0 saturated heterocycles. The van der Waals surface area contributed by atoms with E-state index in [0.717, 1.165) is 11.5 Å². The Morgan fingerprint density at radius 1 is 0.833 bits per heavy atom. The average molecular weight is 234 g/mol. The molecule has 3 aromatic rings. The molecule has 0 bridgehead atoms. The van der Waals surface area contributed by atoms with Gasteiger partial charge >= 0.3 is 0 Å². The summed E-state index contributed by atoms with van der Waals surface area (Å²) in [7, 11) is 0. The minimum atomic E-state index is 0.889. The van der Waals surface area contributed by atoms with Gasteiger partial charge in [0, 0.05) is 0 Å². The lowest BCUT2D eigenvalue weighted by molar-refractivity contribution is 0.525. The molecule has 0 saturated carbocycles. The fourth-order valence-corrected chi connectivity index (χ4v) is 2.11. The molecule has 3 rings (SSSR count). The van der Waals surface area contributed by atoms with Gasteiger partial charge in [-0.25, -0.2) is 0 Å². The van der Waals surface area contributed by atoms with E-state index in [-0.39, 0.29) is 0 Å². The summed E-state index contributed by atoms with van der Waals surface area (Å²) in [5.74, 6) is 1.83. The van der Waals surface area contributed by atoms with E-state index in [9.17, 15) is 0 Å². The maximum Gasteiger partial charge on any atom is 0.127 e. The lowest BCUT2D eigenvalue weighted by Gasteiger charge is -2.01. The molecule has 2 aromatic carbocycles. The van der Waals surface area contributed by atoms with E-state index < -0.39 is 0 Å². The molecular formula is C17H14O. The van der Waals surface area contributed by atoms with Crippen LogP contribution in [0.2, 0.25) is 0 Å². The molecule has 0 amide bonds. The van der Waals surface area contributed by atoms with Gasteiger partial charge in [0.05, 0.1) is 0 Å². The maximum absolute atomic E-state index is 5.53. The second-order valence-corrected chi connectivity index (χ2v) is 4.35. The van der Waals surface area contributed by atoms with Crippen molar-refractivity contribution in [1.82, 2.24) is 0 Å². The quantitative estimate of drug-likeness (QED) is 0.614. The van der Waals surface area contributed by atoms with Crippen LogP contribution in [0, 0.1) is 6.92 Å². The van der Waals surface area contributed by atoms with Crippen molar-refractivity contribution in [1.29, 1.82) is 0 Å². The number of furan rings is 1. The summed E-state index contributed by atoms with van der Waals surface area (Å²) in [6.45, 7) is 1.95. The molecule has 0 unspecified atom stereocenters. The van der Waals surface area contributed by atoms with Crippen LogP contribution in [-0.4, -0.2) is 0 Å². The summed E-state index contributed by atoms with van der Waals surface area (Å²) in [5, 5.41) is 2.52. The zero-order valence-corrected chi connectivity index (χ0v) is 10.3. The van der Waals surface area contributed by atoms with Gasteiger partial charge in [-0.1, -0.05) is 48.5 Å². The van der Waals surface area contributed by atoms with Crippen LogP contribution in [0.15, 0.2) is 59.0 Å². The first-order valence-electron chi connectivity index (χ1n) is 6.05. The summed E-state index contributed by atoms with van der Waals surface area (Å²) >= 11 is 0. The van der Waals surface area contributed by atoms with Crippen LogP contribution in [-0.2, 0) is 0 Å². The number of fused-ring (bicyclic) bond motifs is 1. The predicted octanol–water partition coefficient (Wildman–Crippen LogP) is 4.91. The third kappa shape index (κ3) is 2.07. The minimum Gasteiger partial charge on any atom is -0.462 e. The van der Waals surface area contributed by atoms with Gasteiger partial charge in [0.25, 0.3) is 0 Å². The summed E-state index contributed by atoms with van der Waals surface area (Å²) in [5.41, 5.74) is 1.21. The van der Waals surface area contributed by atoms with Gasteiger partial charge in [0.1, 0.15) is 11.5 Å². The number of hydrogen-bond acceptors (Lipinski definition) is 1. The Balaban J connectivity index is 2.02. The van der Waals surface area contributed by atoms with Crippen LogP contribution in [0.4, 0.5) is 0 Å². The highest BCUT2D eigenvalue weighted by Gasteiger charge is 1.97. The summed E-state index contributed by atoms with van der Waals surface area (Å²) in [6.07, 6.45) is 4.11. The summed E-state index contributed by atoms with van der Waals surface area (Å²) < 4.78 is 5.53. The van der Waals surface area contributed by atoms with Crippen molar-refractivity contribution in [2.45, 2.75) is 6.92 Å². The smallest absolute Gasteiger partial charge is 0.127 e. The molecular weight excluding hydrogens is 220 g/mol. The monoisotopic (exact) mass is 234 g/mol. The van der Waals surface area contributed by atoms with Gasteiger partial charge < -0.3 is 4.42 Å².